The van der Waals surface area contributed by atoms with E-state index in [4.69, 9.17) is 4.74 Å². The number of nitrogens with zero attached hydrogens (tertiary/aromatic N) is 1. The molecule has 2 aromatic rings. The van der Waals surface area contributed by atoms with Gasteiger partial charge in [-0.05, 0) is 18.2 Å². The highest BCUT2D eigenvalue weighted by atomic mass is 16.5. The summed E-state index contributed by atoms with van der Waals surface area (Å²) in [5, 5.41) is 13.3. The highest BCUT2D eigenvalue weighted by Crippen LogP contribution is 2.28. The van der Waals surface area contributed by atoms with E-state index in [9.17, 15) is 14.7 Å². The zero-order valence-corrected chi connectivity index (χ0v) is 13.9. The van der Waals surface area contributed by atoms with Crippen LogP contribution in [0.5, 0.6) is 5.75 Å². The number of methoxy groups -OCH3 is 1. The van der Waals surface area contributed by atoms with E-state index in [1.54, 1.807) is 25.3 Å². The van der Waals surface area contributed by atoms with E-state index in [2.05, 4.69) is 5.32 Å². The molecule has 6 nitrogen and oxygen atoms in total. The molecule has 0 spiro atoms. The average Bonchev–Trinajstić information content (AvgIpc) is 2.97. The molecule has 25 heavy (non-hydrogen) atoms. The Hall–Kier alpha value is -2.86. The van der Waals surface area contributed by atoms with E-state index in [0.29, 0.717) is 18.0 Å². The van der Waals surface area contributed by atoms with Gasteiger partial charge in [0.2, 0.25) is 5.60 Å². The van der Waals surface area contributed by atoms with Crippen molar-refractivity contribution >= 4 is 17.5 Å². The van der Waals surface area contributed by atoms with Crippen LogP contribution in [0.4, 0.5) is 5.69 Å². The van der Waals surface area contributed by atoms with Crippen molar-refractivity contribution < 1.29 is 19.4 Å². The van der Waals surface area contributed by atoms with Crippen LogP contribution in [0, 0.1) is 0 Å². The second kappa shape index (κ2) is 6.94. The fraction of sp³-hybridized carbons (Fsp3) is 0.263. The Balaban J connectivity index is 1.70. The van der Waals surface area contributed by atoms with Gasteiger partial charge in [-0.1, -0.05) is 36.4 Å². The summed E-state index contributed by atoms with van der Waals surface area (Å²) in [6, 6.07) is 16.3. The lowest BCUT2D eigenvalue weighted by atomic mass is 10.0. The van der Waals surface area contributed by atoms with Crippen molar-refractivity contribution in [2.24, 2.45) is 0 Å². The van der Waals surface area contributed by atoms with Crippen LogP contribution in [0.15, 0.2) is 54.6 Å². The van der Waals surface area contributed by atoms with Crippen LogP contribution in [0.2, 0.25) is 0 Å². The second-order valence-corrected chi connectivity index (χ2v) is 5.90. The minimum Gasteiger partial charge on any atom is -0.496 e. The molecule has 0 unspecified atom stereocenters. The average molecular weight is 340 g/mol. The Labute approximate surface area is 146 Å². The van der Waals surface area contributed by atoms with Gasteiger partial charge in [-0.25, -0.2) is 0 Å². The molecule has 3 rings (SSSR count). The van der Waals surface area contributed by atoms with E-state index in [1.165, 1.54) is 4.90 Å². The zero-order chi connectivity index (χ0) is 17.9. The van der Waals surface area contributed by atoms with Crippen LogP contribution in [0.25, 0.3) is 0 Å². The van der Waals surface area contributed by atoms with Gasteiger partial charge >= 0.3 is 0 Å². The molecule has 0 aromatic heterocycles. The molecule has 1 heterocycles. The first-order valence-corrected chi connectivity index (χ1v) is 8.06. The quantitative estimate of drug-likeness (QED) is 0.808. The highest BCUT2D eigenvalue weighted by molar-refractivity contribution is 6.16. The summed E-state index contributed by atoms with van der Waals surface area (Å²) < 4.78 is 5.24. The molecule has 130 valence electrons. The van der Waals surface area contributed by atoms with Gasteiger partial charge in [-0.3, -0.25) is 9.59 Å². The zero-order valence-electron chi connectivity index (χ0n) is 13.9. The van der Waals surface area contributed by atoms with Crippen molar-refractivity contribution in [1.29, 1.82) is 0 Å². The number of hydrogen-bond donors (Lipinski definition) is 2. The van der Waals surface area contributed by atoms with Gasteiger partial charge in [0.25, 0.3) is 11.8 Å². The highest BCUT2D eigenvalue weighted by Gasteiger charge is 2.51. The van der Waals surface area contributed by atoms with Crippen LogP contribution in [-0.4, -0.2) is 36.2 Å². The third-order valence-electron chi connectivity index (χ3n) is 4.37. The van der Waals surface area contributed by atoms with Gasteiger partial charge in [-0.2, -0.15) is 0 Å². The fourth-order valence-electron chi connectivity index (χ4n) is 2.94. The lowest BCUT2D eigenvalue weighted by Crippen LogP contribution is -2.52. The number of carbonyl (C=O) groups is 2. The lowest BCUT2D eigenvalue weighted by molar-refractivity contribution is -0.149. The van der Waals surface area contributed by atoms with Gasteiger partial charge < -0.3 is 20.1 Å². The molecular weight excluding hydrogens is 320 g/mol. The van der Waals surface area contributed by atoms with Gasteiger partial charge in [-0.15, -0.1) is 0 Å². The van der Waals surface area contributed by atoms with E-state index >= 15 is 0 Å². The van der Waals surface area contributed by atoms with Crippen molar-refractivity contribution in [2.45, 2.75) is 18.6 Å². The van der Waals surface area contributed by atoms with Gasteiger partial charge in [0, 0.05) is 30.8 Å². The third kappa shape index (κ3) is 3.21. The molecule has 1 atom stereocenters. The van der Waals surface area contributed by atoms with Crippen LogP contribution in [-0.2, 0) is 16.1 Å². The normalized spacial score (nSPS) is 19.8. The topological polar surface area (TPSA) is 78.9 Å². The molecule has 0 radical (unpaired) electrons. The van der Waals surface area contributed by atoms with Gasteiger partial charge in [0.05, 0.1) is 7.11 Å². The predicted octanol–water partition coefficient (Wildman–Crippen LogP) is 1.48. The minimum atomic E-state index is -2.04. The van der Waals surface area contributed by atoms with E-state index in [1.807, 2.05) is 36.4 Å². The standard InChI is InChI=1S/C19H20N2O4/c1-25-16-10-6-5-7-14(16)13-20-17(22)19(24)11-12-21(18(19)23)15-8-3-2-4-9-15/h2-10,24H,11-13H2,1H3,(H,20,22)/t19-/m0/s1. The molecule has 6 heteroatoms. The summed E-state index contributed by atoms with van der Waals surface area (Å²) in [6.45, 7) is 0.463. The maximum absolute atomic E-state index is 12.6. The monoisotopic (exact) mass is 340 g/mol. The maximum atomic E-state index is 12.6. The summed E-state index contributed by atoms with van der Waals surface area (Å²) in [7, 11) is 1.55. The van der Waals surface area contributed by atoms with Crippen molar-refractivity contribution in [3.63, 3.8) is 0 Å². The molecule has 0 saturated carbocycles. The maximum Gasteiger partial charge on any atom is 0.268 e. The first kappa shape index (κ1) is 17.0. The number of benzene rings is 2. The Kier molecular flexibility index (Phi) is 4.72. The Morgan fingerprint density at radius 2 is 1.88 bits per heavy atom. The van der Waals surface area contributed by atoms with Crippen LogP contribution >= 0.6 is 0 Å². The van der Waals surface area contributed by atoms with E-state index in [-0.39, 0.29) is 13.0 Å². The molecule has 2 amide bonds. The SMILES string of the molecule is COc1ccccc1CNC(=O)[C@@]1(O)CCN(c2ccccc2)C1=O. The largest absolute Gasteiger partial charge is 0.496 e. The number of aliphatic hydroxyl groups is 1. The van der Waals surface area contributed by atoms with Crippen molar-refractivity contribution in [2.75, 3.05) is 18.6 Å². The Morgan fingerprint density at radius 3 is 2.60 bits per heavy atom. The molecule has 1 aliphatic heterocycles. The number of carbonyl (C=O) groups excluding carboxylic acids is 2. The molecular formula is C19H20N2O4. The first-order chi connectivity index (χ1) is 12.1. The van der Waals surface area contributed by atoms with Crippen LogP contribution in [0.1, 0.15) is 12.0 Å². The van der Waals surface area contributed by atoms with Crippen molar-refractivity contribution in [3.8, 4) is 5.75 Å². The molecule has 0 bridgehead atoms. The van der Waals surface area contributed by atoms with Crippen molar-refractivity contribution in [1.82, 2.24) is 5.32 Å². The number of anilines is 1. The number of ether oxygens (including phenoxy) is 1. The van der Waals surface area contributed by atoms with Crippen molar-refractivity contribution in [3.05, 3.63) is 60.2 Å². The van der Waals surface area contributed by atoms with E-state index < -0.39 is 17.4 Å². The fourth-order valence-corrected chi connectivity index (χ4v) is 2.94. The van der Waals surface area contributed by atoms with Gasteiger partial charge in [0.1, 0.15) is 5.75 Å². The van der Waals surface area contributed by atoms with Gasteiger partial charge in [0.15, 0.2) is 0 Å². The first-order valence-electron chi connectivity index (χ1n) is 8.06. The van der Waals surface area contributed by atoms with Crippen LogP contribution < -0.4 is 15.0 Å². The van der Waals surface area contributed by atoms with Crippen LogP contribution in [0.3, 0.4) is 0 Å². The summed E-state index contributed by atoms with van der Waals surface area (Å²) in [6.07, 6.45) is 0.0541. The Bertz CT molecular complexity index is 778. The number of nitrogens with one attached hydrogen (secondary N) is 1. The third-order valence-corrected chi connectivity index (χ3v) is 4.37. The van der Waals surface area contributed by atoms with E-state index in [0.717, 1.165) is 5.56 Å². The molecule has 1 aliphatic rings. The minimum absolute atomic E-state index is 0.0541. The number of hydrogen-bond acceptors (Lipinski definition) is 4. The predicted molar refractivity (Wildman–Crippen MR) is 93.2 cm³/mol. The summed E-state index contributed by atoms with van der Waals surface area (Å²) in [5.41, 5.74) is -0.606. The molecule has 0 aliphatic carbocycles. The number of para-hydroxylation sites is 2. The molecule has 2 N–H and O–H groups in total. The molecule has 1 fully saturated rings. The summed E-state index contributed by atoms with van der Waals surface area (Å²) >= 11 is 0. The lowest BCUT2D eigenvalue weighted by Gasteiger charge is -2.22. The molecule has 1 saturated heterocycles. The summed E-state index contributed by atoms with van der Waals surface area (Å²) in [4.78, 5) is 26.5. The second-order valence-electron chi connectivity index (χ2n) is 5.90. The smallest absolute Gasteiger partial charge is 0.268 e. The molecule has 2 aromatic carbocycles. The summed E-state index contributed by atoms with van der Waals surface area (Å²) in [5.74, 6) is -0.656. The number of rotatable bonds is 5. The number of amides is 2. The Morgan fingerprint density at radius 1 is 1.20 bits per heavy atom.